The Balaban J connectivity index is 1.98. The van der Waals surface area contributed by atoms with E-state index >= 15 is 0 Å². The topological polar surface area (TPSA) is 47.7 Å². The van der Waals surface area contributed by atoms with Crippen LogP contribution in [0.4, 0.5) is 0 Å². The highest BCUT2D eigenvalue weighted by atomic mass is 16.5. The molecule has 0 aliphatic carbocycles. The van der Waals surface area contributed by atoms with E-state index < -0.39 is 0 Å². The fourth-order valence-corrected chi connectivity index (χ4v) is 3.28. The first kappa shape index (κ1) is 13.3. The van der Waals surface area contributed by atoms with Crippen molar-refractivity contribution in [2.75, 3.05) is 33.4 Å². The van der Waals surface area contributed by atoms with E-state index in [1.807, 2.05) is 7.11 Å². The van der Waals surface area contributed by atoms with E-state index in [2.05, 4.69) is 11.8 Å². The standard InChI is InChI=1S/C13H26N2O2/c1-10-9-17-6-4-13(10)15-5-3-12(16-2)7-11(15)8-14/h10-13H,3-9,14H2,1-2H3. The van der Waals surface area contributed by atoms with Gasteiger partial charge in [0, 0.05) is 38.9 Å². The molecule has 4 heteroatoms. The van der Waals surface area contributed by atoms with Gasteiger partial charge in [0.15, 0.2) is 0 Å². The first-order valence-corrected chi connectivity index (χ1v) is 6.82. The van der Waals surface area contributed by atoms with E-state index in [0.717, 1.165) is 45.6 Å². The summed E-state index contributed by atoms with van der Waals surface area (Å²) in [5, 5.41) is 0. The average molecular weight is 242 g/mol. The summed E-state index contributed by atoms with van der Waals surface area (Å²) in [5.41, 5.74) is 5.93. The van der Waals surface area contributed by atoms with Gasteiger partial charge in [0.25, 0.3) is 0 Å². The minimum Gasteiger partial charge on any atom is -0.381 e. The van der Waals surface area contributed by atoms with Crippen molar-refractivity contribution in [2.45, 2.75) is 44.4 Å². The zero-order valence-electron chi connectivity index (χ0n) is 11.1. The fourth-order valence-electron chi connectivity index (χ4n) is 3.28. The van der Waals surface area contributed by atoms with Crippen LogP contribution in [0.15, 0.2) is 0 Å². The quantitative estimate of drug-likeness (QED) is 0.797. The molecule has 4 atom stereocenters. The SMILES string of the molecule is COC1CCN(C2CCOCC2C)C(CN)C1. The van der Waals surface area contributed by atoms with Crippen LogP contribution in [-0.4, -0.2) is 56.5 Å². The van der Waals surface area contributed by atoms with Gasteiger partial charge in [0.2, 0.25) is 0 Å². The van der Waals surface area contributed by atoms with E-state index in [9.17, 15) is 0 Å². The van der Waals surface area contributed by atoms with Gasteiger partial charge in [0.05, 0.1) is 12.7 Å². The summed E-state index contributed by atoms with van der Waals surface area (Å²) in [5.74, 6) is 0.622. The van der Waals surface area contributed by atoms with E-state index in [1.165, 1.54) is 0 Å². The lowest BCUT2D eigenvalue weighted by molar-refractivity contribution is -0.0557. The zero-order valence-corrected chi connectivity index (χ0v) is 11.1. The Hall–Kier alpha value is -0.160. The summed E-state index contributed by atoms with van der Waals surface area (Å²) in [7, 11) is 1.81. The first-order valence-electron chi connectivity index (χ1n) is 6.82. The molecule has 0 aromatic carbocycles. The number of piperidine rings is 1. The number of nitrogens with two attached hydrogens (primary N) is 1. The van der Waals surface area contributed by atoms with Gasteiger partial charge in [-0.15, -0.1) is 0 Å². The van der Waals surface area contributed by atoms with E-state index in [4.69, 9.17) is 15.2 Å². The molecule has 2 aliphatic heterocycles. The normalized spacial score (nSPS) is 40.4. The van der Waals surface area contributed by atoms with Crippen LogP contribution < -0.4 is 5.73 Å². The van der Waals surface area contributed by atoms with Crippen LogP contribution in [0.1, 0.15) is 26.2 Å². The van der Waals surface area contributed by atoms with Crippen LogP contribution in [0.2, 0.25) is 0 Å². The Morgan fingerprint density at radius 1 is 1.41 bits per heavy atom. The Morgan fingerprint density at radius 2 is 2.24 bits per heavy atom. The van der Waals surface area contributed by atoms with Crippen LogP contribution in [0.3, 0.4) is 0 Å². The minimum atomic E-state index is 0.398. The van der Waals surface area contributed by atoms with Gasteiger partial charge >= 0.3 is 0 Å². The molecule has 100 valence electrons. The summed E-state index contributed by atoms with van der Waals surface area (Å²) in [6, 6.07) is 1.13. The lowest BCUT2D eigenvalue weighted by Crippen LogP contribution is -2.56. The molecule has 2 rings (SSSR count). The van der Waals surface area contributed by atoms with Crippen molar-refractivity contribution in [3.8, 4) is 0 Å². The van der Waals surface area contributed by atoms with Crippen LogP contribution >= 0.6 is 0 Å². The molecule has 4 unspecified atom stereocenters. The molecule has 0 aromatic heterocycles. The Kier molecular flexibility index (Phi) is 4.79. The maximum Gasteiger partial charge on any atom is 0.0599 e. The number of likely N-dealkylation sites (tertiary alicyclic amines) is 1. The molecular formula is C13H26N2O2. The number of nitrogens with zero attached hydrogens (tertiary/aromatic N) is 1. The Labute approximate surface area is 104 Å². The second-order valence-electron chi connectivity index (χ2n) is 5.42. The third kappa shape index (κ3) is 2.99. The van der Waals surface area contributed by atoms with E-state index in [1.54, 1.807) is 0 Å². The number of methoxy groups -OCH3 is 1. The second kappa shape index (κ2) is 6.14. The van der Waals surface area contributed by atoms with Crippen molar-refractivity contribution in [1.82, 2.24) is 4.90 Å². The predicted octanol–water partition coefficient (Wildman–Crippen LogP) is 0.850. The molecule has 2 aliphatic rings. The van der Waals surface area contributed by atoms with E-state index in [0.29, 0.717) is 24.1 Å². The summed E-state index contributed by atoms with van der Waals surface area (Å²) >= 11 is 0. The summed E-state index contributed by atoms with van der Waals surface area (Å²) in [4.78, 5) is 2.61. The molecule has 0 amide bonds. The van der Waals surface area contributed by atoms with Crippen molar-refractivity contribution >= 4 is 0 Å². The summed E-state index contributed by atoms with van der Waals surface area (Å²) < 4.78 is 11.0. The predicted molar refractivity (Wildman–Crippen MR) is 68.0 cm³/mol. The first-order chi connectivity index (χ1) is 8.26. The molecule has 0 aromatic rings. The van der Waals surface area contributed by atoms with Gasteiger partial charge < -0.3 is 15.2 Å². The maximum absolute atomic E-state index is 5.93. The molecule has 2 N–H and O–H groups in total. The van der Waals surface area contributed by atoms with Gasteiger partial charge in [-0.05, 0) is 25.2 Å². The maximum atomic E-state index is 5.93. The largest absolute Gasteiger partial charge is 0.381 e. The summed E-state index contributed by atoms with van der Waals surface area (Å²) in [6.07, 6.45) is 3.76. The van der Waals surface area contributed by atoms with Crippen LogP contribution in [0, 0.1) is 5.92 Å². The molecule has 2 saturated heterocycles. The van der Waals surface area contributed by atoms with Gasteiger partial charge in [-0.1, -0.05) is 6.92 Å². The molecule has 2 heterocycles. The fraction of sp³-hybridized carbons (Fsp3) is 1.00. The molecule has 17 heavy (non-hydrogen) atoms. The van der Waals surface area contributed by atoms with Gasteiger partial charge in [0.1, 0.15) is 0 Å². The Bertz CT molecular complexity index is 237. The molecule has 0 spiro atoms. The van der Waals surface area contributed by atoms with Crippen LogP contribution in [0.25, 0.3) is 0 Å². The van der Waals surface area contributed by atoms with Crippen molar-refractivity contribution in [1.29, 1.82) is 0 Å². The molecule has 0 saturated carbocycles. The highest BCUT2D eigenvalue weighted by Gasteiger charge is 2.35. The van der Waals surface area contributed by atoms with Gasteiger partial charge in [-0.25, -0.2) is 0 Å². The van der Waals surface area contributed by atoms with Crippen LogP contribution in [0.5, 0.6) is 0 Å². The number of hydrogen-bond donors (Lipinski definition) is 1. The van der Waals surface area contributed by atoms with Gasteiger partial charge in [-0.2, -0.15) is 0 Å². The number of rotatable bonds is 3. The van der Waals surface area contributed by atoms with Crippen LogP contribution in [-0.2, 0) is 9.47 Å². The smallest absolute Gasteiger partial charge is 0.0599 e. The molecule has 0 bridgehead atoms. The second-order valence-corrected chi connectivity index (χ2v) is 5.42. The lowest BCUT2D eigenvalue weighted by atomic mass is 9.90. The number of hydrogen-bond acceptors (Lipinski definition) is 4. The van der Waals surface area contributed by atoms with Gasteiger partial charge in [-0.3, -0.25) is 4.90 Å². The monoisotopic (exact) mass is 242 g/mol. The third-order valence-corrected chi connectivity index (χ3v) is 4.34. The van der Waals surface area contributed by atoms with Crippen molar-refractivity contribution in [2.24, 2.45) is 11.7 Å². The van der Waals surface area contributed by atoms with E-state index in [-0.39, 0.29) is 0 Å². The molecular weight excluding hydrogens is 216 g/mol. The highest BCUT2D eigenvalue weighted by Crippen LogP contribution is 2.28. The summed E-state index contributed by atoms with van der Waals surface area (Å²) in [6.45, 7) is 5.95. The lowest BCUT2D eigenvalue weighted by Gasteiger charge is -2.46. The van der Waals surface area contributed by atoms with Crippen molar-refractivity contribution in [3.63, 3.8) is 0 Å². The molecule has 0 radical (unpaired) electrons. The zero-order chi connectivity index (χ0) is 12.3. The Morgan fingerprint density at radius 3 is 2.88 bits per heavy atom. The van der Waals surface area contributed by atoms with Crippen molar-refractivity contribution < 1.29 is 9.47 Å². The average Bonchev–Trinajstić information content (AvgIpc) is 2.38. The number of ether oxygens (including phenoxy) is 2. The minimum absolute atomic E-state index is 0.398. The highest BCUT2D eigenvalue weighted by molar-refractivity contribution is 4.90. The van der Waals surface area contributed by atoms with Crippen molar-refractivity contribution in [3.05, 3.63) is 0 Å². The molecule has 2 fully saturated rings. The third-order valence-electron chi connectivity index (χ3n) is 4.34. The molecule has 4 nitrogen and oxygen atoms in total.